The molecular weight excluding hydrogens is 443 g/mol. The second-order valence-corrected chi connectivity index (χ2v) is 6.66. The zero-order valence-electron chi connectivity index (χ0n) is 15.3. The molecule has 0 saturated heterocycles. The minimum atomic E-state index is -5.01. The number of nitriles is 1. The van der Waals surface area contributed by atoms with E-state index >= 15 is 0 Å². The van der Waals surface area contributed by atoms with Gasteiger partial charge in [0.1, 0.15) is 5.75 Å². The maximum atomic E-state index is 13.4. The summed E-state index contributed by atoms with van der Waals surface area (Å²) in [5.41, 5.74) is -2.71. The summed E-state index contributed by atoms with van der Waals surface area (Å²) in [6.07, 6.45) is -3.12. The van der Waals surface area contributed by atoms with Gasteiger partial charge in [0, 0.05) is 5.02 Å². The van der Waals surface area contributed by atoms with Gasteiger partial charge >= 0.3 is 6.18 Å². The largest absolute Gasteiger partial charge is 0.449 e. The summed E-state index contributed by atoms with van der Waals surface area (Å²) in [6, 6.07) is 5.28. The molecule has 3 rings (SSSR count). The van der Waals surface area contributed by atoms with E-state index in [1.165, 1.54) is 12.1 Å². The molecule has 1 atom stereocenters. The molecule has 9 nitrogen and oxygen atoms in total. The number of rotatable bonds is 5. The van der Waals surface area contributed by atoms with Crippen molar-refractivity contribution < 1.29 is 27.8 Å². The fourth-order valence-electron chi connectivity index (χ4n) is 2.59. The summed E-state index contributed by atoms with van der Waals surface area (Å²) in [7, 11) is 0. The second-order valence-electron chi connectivity index (χ2n) is 6.23. The lowest BCUT2D eigenvalue weighted by molar-refractivity contribution is -0.142. The summed E-state index contributed by atoms with van der Waals surface area (Å²) in [6.45, 7) is -0.932. The van der Waals surface area contributed by atoms with Crippen LogP contribution < -0.4 is 10.3 Å². The Morgan fingerprint density at radius 2 is 2.00 bits per heavy atom. The molecule has 0 spiro atoms. The van der Waals surface area contributed by atoms with Crippen LogP contribution in [0.2, 0.25) is 5.02 Å². The minimum Gasteiger partial charge on any atom is -0.449 e. The quantitative estimate of drug-likeness (QED) is 0.740. The Morgan fingerprint density at radius 1 is 1.26 bits per heavy atom. The Hall–Kier alpha value is -3.56. The van der Waals surface area contributed by atoms with Crippen LogP contribution in [0.4, 0.5) is 13.2 Å². The number of carbonyl (C=O) groups is 1. The molecule has 1 aliphatic rings. The first kappa shape index (κ1) is 22.1. The highest BCUT2D eigenvalue weighted by Gasteiger charge is 2.39. The van der Waals surface area contributed by atoms with E-state index in [0.717, 1.165) is 16.7 Å². The zero-order valence-corrected chi connectivity index (χ0v) is 16.1. The van der Waals surface area contributed by atoms with Crippen LogP contribution in [-0.2, 0) is 17.5 Å². The maximum absolute atomic E-state index is 13.4. The molecule has 160 valence electrons. The van der Waals surface area contributed by atoms with Crippen LogP contribution in [0.25, 0.3) is 0 Å². The first-order valence-corrected chi connectivity index (χ1v) is 8.82. The van der Waals surface area contributed by atoms with Gasteiger partial charge < -0.3 is 9.84 Å². The topological polar surface area (TPSA) is 130 Å². The number of benzene rings is 1. The van der Waals surface area contributed by atoms with Gasteiger partial charge in [0.05, 0.1) is 42.7 Å². The molecule has 0 saturated carbocycles. The number of carbonyl (C=O) groups excluding carboxylic acids is 1. The third-order valence-electron chi connectivity index (χ3n) is 4.00. The van der Waals surface area contributed by atoms with Gasteiger partial charge in [-0.3, -0.25) is 14.2 Å². The van der Waals surface area contributed by atoms with E-state index in [1.54, 1.807) is 6.07 Å². The van der Waals surface area contributed by atoms with Crippen LogP contribution in [0, 0.1) is 17.2 Å². The van der Waals surface area contributed by atoms with Gasteiger partial charge in [0.15, 0.2) is 5.69 Å². The Morgan fingerprint density at radius 3 is 2.65 bits per heavy atom. The number of aliphatic hydroxyl groups excluding tert-OH is 1. The summed E-state index contributed by atoms with van der Waals surface area (Å²) in [5, 5.41) is 25.1. The molecule has 1 aromatic carbocycles. The number of ether oxygens (including phenoxy) is 1. The predicted octanol–water partition coefficient (Wildman–Crippen LogP) is 3.06. The molecule has 0 radical (unpaired) electrons. The van der Waals surface area contributed by atoms with Crippen LogP contribution in [0.1, 0.15) is 11.3 Å². The van der Waals surface area contributed by atoms with E-state index < -0.39 is 41.6 Å². The highest BCUT2D eigenvalue weighted by Crippen LogP contribution is 2.35. The molecule has 1 N–H and O–H groups in total. The molecule has 13 heteroatoms. The van der Waals surface area contributed by atoms with E-state index in [4.69, 9.17) is 21.6 Å². The molecule has 0 fully saturated rings. The third-order valence-corrected chi connectivity index (χ3v) is 4.22. The van der Waals surface area contributed by atoms with E-state index in [9.17, 15) is 27.9 Å². The number of alkyl halides is 3. The van der Waals surface area contributed by atoms with Crippen LogP contribution >= 0.6 is 11.6 Å². The van der Waals surface area contributed by atoms with Crippen LogP contribution in [0.3, 0.4) is 0 Å². The van der Waals surface area contributed by atoms with Gasteiger partial charge in [-0.25, -0.2) is 4.98 Å². The van der Waals surface area contributed by atoms with Gasteiger partial charge in [-0.05, 0) is 24.3 Å². The number of azo groups is 1. The molecule has 31 heavy (non-hydrogen) atoms. The van der Waals surface area contributed by atoms with Crippen molar-refractivity contribution in [2.45, 2.75) is 12.7 Å². The van der Waals surface area contributed by atoms with E-state index in [1.807, 2.05) is 0 Å². The Labute approximate surface area is 176 Å². The summed E-state index contributed by atoms with van der Waals surface area (Å²) in [5.74, 6) is -3.07. The Kier molecular flexibility index (Phi) is 6.19. The average Bonchev–Trinajstić information content (AvgIpc) is 2.70. The lowest BCUT2D eigenvalue weighted by atomic mass is 10.1. The molecule has 1 aromatic heterocycles. The number of allylic oxidation sites excluding steroid dienone is 1. The number of amides is 1. The number of aromatic nitrogens is 2. The first-order valence-electron chi connectivity index (χ1n) is 8.44. The minimum absolute atomic E-state index is 0.00718. The normalized spacial score (nSPS) is 16.1. The van der Waals surface area contributed by atoms with Crippen molar-refractivity contribution in [1.82, 2.24) is 9.55 Å². The fourth-order valence-corrected chi connectivity index (χ4v) is 2.82. The van der Waals surface area contributed by atoms with Gasteiger partial charge in [-0.2, -0.15) is 23.5 Å². The molecule has 1 amide bonds. The number of nitrogens with zero attached hydrogens (tertiary/aromatic N) is 5. The van der Waals surface area contributed by atoms with Crippen molar-refractivity contribution >= 4 is 17.5 Å². The molecule has 1 aliphatic heterocycles. The lowest BCUT2D eigenvalue weighted by Crippen LogP contribution is -2.27. The Balaban J connectivity index is 2.05. The second kappa shape index (κ2) is 8.66. The van der Waals surface area contributed by atoms with Crippen molar-refractivity contribution in [1.29, 1.82) is 5.26 Å². The van der Waals surface area contributed by atoms with E-state index in [0.29, 0.717) is 6.33 Å². The molecule has 2 aromatic rings. The lowest BCUT2D eigenvalue weighted by Gasteiger charge is -2.16. The highest BCUT2D eigenvalue weighted by atomic mass is 35.5. The predicted molar refractivity (Wildman–Crippen MR) is 98.3 cm³/mol. The van der Waals surface area contributed by atoms with Crippen LogP contribution in [0.5, 0.6) is 11.5 Å². The number of halogens is 4. The standard InChI is InChI=1S/C18H11ClF3N5O4/c19-11-1-9(5-23)2-13(4-11)31-14-15(18(20,21)22)24-8-27(17(14)30)6-12-3-10(7-28)16(29)26-25-12/h1-4,8,10,28H,6-7H2. The number of hydrogen-bond donors (Lipinski definition) is 1. The van der Waals surface area contributed by atoms with Gasteiger partial charge in [0.2, 0.25) is 5.75 Å². The van der Waals surface area contributed by atoms with Crippen molar-refractivity contribution in [2.24, 2.45) is 16.1 Å². The van der Waals surface area contributed by atoms with Crippen molar-refractivity contribution in [3.05, 3.63) is 62.9 Å². The third kappa shape index (κ3) is 4.96. The maximum Gasteiger partial charge on any atom is 0.437 e. The summed E-state index contributed by atoms with van der Waals surface area (Å²) >= 11 is 5.83. The summed E-state index contributed by atoms with van der Waals surface area (Å²) < 4.78 is 46.2. The molecular formula is C18H11ClF3N5O4. The molecule has 0 aliphatic carbocycles. The van der Waals surface area contributed by atoms with Gasteiger partial charge in [-0.15, -0.1) is 5.11 Å². The van der Waals surface area contributed by atoms with Gasteiger partial charge in [-0.1, -0.05) is 11.6 Å². The van der Waals surface area contributed by atoms with Crippen molar-refractivity contribution in [3.8, 4) is 17.6 Å². The van der Waals surface area contributed by atoms with Gasteiger partial charge in [0.25, 0.3) is 11.5 Å². The van der Waals surface area contributed by atoms with Crippen LogP contribution in [0.15, 0.2) is 51.3 Å². The van der Waals surface area contributed by atoms with Crippen LogP contribution in [-0.4, -0.2) is 27.2 Å². The molecule has 1 unspecified atom stereocenters. The van der Waals surface area contributed by atoms with Crippen molar-refractivity contribution in [2.75, 3.05) is 6.61 Å². The fraction of sp³-hybridized carbons (Fsp3) is 0.222. The van der Waals surface area contributed by atoms with Crippen molar-refractivity contribution in [3.63, 3.8) is 0 Å². The highest BCUT2D eigenvalue weighted by molar-refractivity contribution is 6.30. The first-order chi connectivity index (χ1) is 14.6. The SMILES string of the molecule is N#Cc1cc(Cl)cc(Oc2c(C(F)(F)F)ncn(CC3=CC(CO)C(=O)N=N3)c2=O)c1. The van der Waals surface area contributed by atoms with E-state index in [2.05, 4.69) is 15.2 Å². The number of hydrogen-bond acceptors (Lipinski definition) is 7. The van der Waals surface area contributed by atoms with E-state index in [-0.39, 0.29) is 28.6 Å². The molecule has 0 bridgehead atoms. The number of aliphatic hydroxyl groups is 1. The zero-order chi connectivity index (χ0) is 22.8. The molecule has 2 heterocycles. The monoisotopic (exact) mass is 453 g/mol. The summed E-state index contributed by atoms with van der Waals surface area (Å²) in [4.78, 5) is 27.5. The smallest absolute Gasteiger partial charge is 0.437 e. The Bertz CT molecular complexity index is 1200. The average molecular weight is 454 g/mol.